The van der Waals surface area contributed by atoms with Gasteiger partial charge in [-0.1, -0.05) is 30.1 Å². The zero-order chi connectivity index (χ0) is 22.1. The zero-order valence-electron chi connectivity index (χ0n) is 15.6. The van der Waals surface area contributed by atoms with Crippen molar-refractivity contribution in [2.45, 2.75) is 32.0 Å². The topological polar surface area (TPSA) is 75.7 Å². The van der Waals surface area contributed by atoms with Crippen molar-refractivity contribution in [3.8, 4) is 0 Å². The third-order valence-electron chi connectivity index (χ3n) is 4.45. The fourth-order valence-electron chi connectivity index (χ4n) is 3.12. The highest BCUT2D eigenvalue weighted by molar-refractivity contribution is 6.36. The number of hydrogen-bond acceptors (Lipinski definition) is 4. The average Bonchev–Trinajstić information content (AvgIpc) is 2.83. The molecular weight excluding hydrogens is 436 g/mol. The summed E-state index contributed by atoms with van der Waals surface area (Å²) in [5.74, 6) is -4.18. The molecule has 11 heteroatoms. The Morgan fingerprint density at radius 2 is 1.90 bits per heavy atom. The van der Waals surface area contributed by atoms with Gasteiger partial charge in [0.1, 0.15) is 5.57 Å². The second-order valence-corrected chi connectivity index (χ2v) is 7.08. The van der Waals surface area contributed by atoms with Crippen LogP contribution in [0.5, 0.6) is 0 Å². The van der Waals surface area contributed by atoms with Crippen molar-refractivity contribution in [3.63, 3.8) is 0 Å². The molecule has 0 aromatic heterocycles. The third-order valence-corrected chi connectivity index (χ3v) is 4.99. The zero-order valence-corrected chi connectivity index (χ0v) is 17.1. The van der Waals surface area contributed by atoms with Gasteiger partial charge in [0, 0.05) is 17.3 Å². The summed E-state index contributed by atoms with van der Waals surface area (Å²) in [6, 6.07) is 3.53. The van der Waals surface area contributed by atoms with E-state index in [1.807, 2.05) is 0 Å². The third kappa shape index (κ3) is 3.81. The van der Waals surface area contributed by atoms with Crippen molar-refractivity contribution < 1.29 is 32.3 Å². The molecule has 1 aromatic rings. The summed E-state index contributed by atoms with van der Waals surface area (Å²) in [6.45, 7) is 2.76. The summed E-state index contributed by atoms with van der Waals surface area (Å²) in [5, 5.41) is 1.64. The lowest BCUT2D eigenvalue weighted by molar-refractivity contribution is -0.192. The normalized spacial score (nSPS) is 19.6. The Kier molecular flexibility index (Phi) is 6.54. The number of nitrogens with zero attached hydrogens (tertiary/aromatic N) is 1. The minimum Gasteiger partial charge on any atom is -0.466 e. The van der Waals surface area contributed by atoms with Crippen LogP contribution in [0.4, 0.5) is 13.2 Å². The highest BCUT2D eigenvalue weighted by atomic mass is 35.5. The summed E-state index contributed by atoms with van der Waals surface area (Å²) < 4.78 is 47.3. The van der Waals surface area contributed by atoms with Gasteiger partial charge >= 0.3 is 12.1 Å². The number of carbonyl (C=O) groups is 3. The van der Waals surface area contributed by atoms with Crippen LogP contribution in [0.1, 0.15) is 30.6 Å². The number of esters is 1. The van der Waals surface area contributed by atoms with Gasteiger partial charge in [-0.15, -0.1) is 0 Å². The Morgan fingerprint density at radius 3 is 2.38 bits per heavy atom. The van der Waals surface area contributed by atoms with E-state index in [-0.39, 0.29) is 27.9 Å². The highest BCUT2D eigenvalue weighted by Gasteiger charge is 2.70. The molecule has 1 atom stereocenters. The maximum Gasteiger partial charge on any atom is 0.425 e. The van der Waals surface area contributed by atoms with Crippen LogP contribution in [0, 0.1) is 0 Å². The van der Waals surface area contributed by atoms with Crippen molar-refractivity contribution >= 4 is 41.0 Å². The lowest BCUT2D eigenvalue weighted by Crippen LogP contribution is -2.66. The van der Waals surface area contributed by atoms with E-state index in [0.717, 1.165) is 18.1 Å². The number of ether oxygens (including phenoxy) is 1. The van der Waals surface area contributed by atoms with Gasteiger partial charge in [-0.2, -0.15) is 13.2 Å². The second-order valence-electron chi connectivity index (χ2n) is 6.23. The largest absolute Gasteiger partial charge is 0.466 e. The summed E-state index contributed by atoms with van der Waals surface area (Å²) in [7, 11) is 0.884. The summed E-state index contributed by atoms with van der Waals surface area (Å²) in [5.41, 5.74) is -5.20. The number of methoxy groups -OCH3 is 1. The van der Waals surface area contributed by atoms with Gasteiger partial charge in [-0.3, -0.25) is 9.59 Å². The first kappa shape index (κ1) is 23.0. The SMILES string of the molecule is CCCN1C(=O)C(NC(=O)c2ccc(Cl)cc2Cl)(C(F)(F)F)C(C(=O)OC)=C1C. The van der Waals surface area contributed by atoms with Crippen LogP contribution in [0.2, 0.25) is 10.0 Å². The van der Waals surface area contributed by atoms with Gasteiger partial charge in [0.2, 0.25) is 0 Å². The molecule has 29 heavy (non-hydrogen) atoms. The van der Waals surface area contributed by atoms with Gasteiger partial charge in [-0.05, 0) is 31.5 Å². The van der Waals surface area contributed by atoms with Crippen LogP contribution in [-0.2, 0) is 14.3 Å². The first-order valence-corrected chi connectivity index (χ1v) is 9.13. The van der Waals surface area contributed by atoms with Crippen LogP contribution in [0.3, 0.4) is 0 Å². The Balaban J connectivity index is 2.68. The predicted octanol–water partition coefficient (Wildman–Crippen LogP) is 3.72. The molecule has 158 valence electrons. The lowest BCUT2D eigenvalue weighted by Gasteiger charge is -2.33. The Labute approximate surface area is 174 Å². The standard InChI is InChI=1S/C18H17Cl2F3N2O4/c1-4-7-25-9(2)13(15(27)29-3)17(16(25)28,18(21,22)23)24-14(26)11-6-5-10(19)8-12(11)20/h5-6,8H,4,7H2,1-3H3,(H,24,26). The first-order valence-electron chi connectivity index (χ1n) is 8.38. The van der Waals surface area contributed by atoms with Crippen LogP contribution < -0.4 is 5.32 Å². The van der Waals surface area contributed by atoms with E-state index >= 15 is 0 Å². The second kappa shape index (κ2) is 8.23. The number of amides is 2. The maximum absolute atomic E-state index is 14.3. The molecule has 1 aromatic carbocycles. The number of allylic oxidation sites excluding steroid dienone is 1. The molecule has 0 radical (unpaired) electrons. The monoisotopic (exact) mass is 452 g/mol. The minimum atomic E-state index is -5.34. The Bertz CT molecular complexity index is 902. The van der Waals surface area contributed by atoms with Gasteiger partial charge in [0.15, 0.2) is 0 Å². The molecule has 2 amide bonds. The van der Waals surface area contributed by atoms with Crippen molar-refractivity contribution in [2.24, 2.45) is 0 Å². The fraction of sp³-hybridized carbons (Fsp3) is 0.389. The molecule has 0 bridgehead atoms. The Hall–Kier alpha value is -2.26. The molecule has 0 spiro atoms. The number of halogens is 5. The summed E-state index contributed by atoms with van der Waals surface area (Å²) in [6.07, 6.45) is -5.02. The molecule has 2 rings (SSSR count). The molecule has 1 heterocycles. The molecule has 1 aliphatic heterocycles. The molecule has 1 aliphatic rings. The molecule has 1 unspecified atom stereocenters. The van der Waals surface area contributed by atoms with E-state index in [0.29, 0.717) is 6.42 Å². The number of alkyl halides is 3. The predicted molar refractivity (Wildman–Crippen MR) is 99.4 cm³/mol. The van der Waals surface area contributed by atoms with Crippen molar-refractivity contribution in [2.75, 3.05) is 13.7 Å². The van der Waals surface area contributed by atoms with E-state index < -0.39 is 35.1 Å². The smallest absolute Gasteiger partial charge is 0.425 e. The Morgan fingerprint density at radius 1 is 1.28 bits per heavy atom. The number of benzene rings is 1. The average molecular weight is 453 g/mol. The van der Waals surface area contributed by atoms with Gasteiger partial charge in [0.25, 0.3) is 17.4 Å². The van der Waals surface area contributed by atoms with Crippen LogP contribution in [-0.4, -0.2) is 48.1 Å². The molecule has 1 N–H and O–H groups in total. The summed E-state index contributed by atoms with van der Waals surface area (Å²) in [4.78, 5) is 38.6. The number of nitrogens with one attached hydrogen (secondary N) is 1. The molecule has 0 aliphatic carbocycles. The lowest BCUT2D eigenvalue weighted by atomic mass is 9.88. The summed E-state index contributed by atoms with van der Waals surface area (Å²) >= 11 is 11.7. The van der Waals surface area contributed by atoms with Crippen molar-refractivity contribution in [3.05, 3.63) is 45.1 Å². The van der Waals surface area contributed by atoms with Gasteiger partial charge in [0.05, 0.1) is 17.7 Å². The van der Waals surface area contributed by atoms with E-state index in [1.165, 1.54) is 19.1 Å². The van der Waals surface area contributed by atoms with Gasteiger partial charge < -0.3 is 15.0 Å². The quantitative estimate of drug-likeness (QED) is 0.690. The molecular formula is C18H17Cl2F3N2O4. The van der Waals surface area contributed by atoms with E-state index in [1.54, 1.807) is 12.2 Å². The van der Waals surface area contributed by atoms with Gasteiger partial charge in [-0.25, -0.2) is 4.79 Å². The van der Waals surface area contributed by atoms with E-state index in [2.05, 4.69) is 4.74 Å². The fourth-order valence-corrected chi connectivity index (χ4v) is 3.62. The highest BCUT2D eigenvalue weighted by Crippen LogP contribution is 2.45. The van der Waals surface area contributed by atoms with Crippen LogP contribution in [0.25, 0.3) is 0 Å². The molecule has 0 saturated carbocycles. The number of rotatable bonds is 5. The number of hydrogen-bond donors (Lipinski definition) is 1. The first-order chi connectivity index (χ1) is 13.4. The van der Waals surface area contributed by atoms with E-state index in [9.17, 15) is 27.6 Å². The van der Waals surface area contributed by atoms with Crippen LogP contribution >= 0.6 is 23.2 Å². The molecule has 6 nitrogen and oxygen atoms in total. The molecule has 0 fully saturated rings. The molecule has 0 saturated heterocycles. The van der Waals surface area contributed by atoms with Crippen LogP contribution in [0.15, 0.2) is 29.5 Å². The van der Waals surface area contributed by atoms with Crippen molar-refractivity contribution in [1.82, 2.24) is 10.2 Å². The van der Waals surface area contributed by atoms with E-state index in [4.69, 9.17) is 23.2 Å². The number of carbonyl (C=O) groups excluding carboxylic acids is 3. The van der Waals surface area contributed by atoms with Crippen molar-refractivity contribution in [1.29, 1.82) is 0 Å². The maximum atomic E-state index is 14.3. The minimum absolute atomic E-state index is 0.0828.